The molecule has 1 aromatic rings. The van der Waals surface area contributed by atoms with E-state index in [-0.39, 0.29) is 0 Å². The first kappa shape index (κ1) is 12.7. The van der Waals surface area contributed by atoms with E-state index in [1.165, 1.54) is 50.5 Å². The van der Waals surface area contributed by atoms with Crippen LogP contribution in [-0.2, 0) is 0 Å². The van der Waals surface area contributed by atoms with Crippen LogP contribution in [0.25, 0.3) is 0 Å². The highest BCUT2D eigenvalue weighted by atomic mass is 14.3. The molecule has 1 fully saturated rings. The lowest BCUT2D eigenvalue weighted by Crippen LogP contribution is -2.13. The summed E-state index contributed by atoms with van der Waals surface area (Å²) in [5.74, 6) is 1.87. The van der Waals surface area contributed by atoms with Crippen molar-refractivity contribution < 1.29 is 0 Å². The fraction of sp³-hybridized carbons (Fsp3) is 0.647. The zero-order valence-electron chi connectivity index (χ0n) is 11.4. The molecular weight excluding hydrogens is 204 g/mol. The van der Waals surface area contributed by atoms with Crippen LogP contribution in [0, 0.1) is 12.8 Å². The van der Waals surface area contributed by atoms with Gasteiger partial charge in [-0.05, 0) is 50.0 Å². The monoisotopic (exact) mass is 230 g/mol. The molecule has 2 rings (SSSR count). The summed E-state index contributed by atoms with van der Waals surface area (Å²) in [4.78, 5) is 0. The second-order valence-electron chi connectivity index (χ2n) is 5.77. The van der Waals surface area contributed by atoms with Crippen LogP contribution in [-0.4, -0.2) is 0 Å². The van der Waals surface area contributed by atoms with Crippen molar-refractivity contribution in [2.45, 2.75) is 64.7 Å². The number of benzene rings is 1. The zero-order valence-corrected chi connectivity index (χ0v) is 11.4. The van der Waals surface area contributed by atoms with Crippen molar-refractivity contribution in [3.63, 3.8) is 0 Å². The van der Waals surface area contributed by atoms with E-state index in [4.69, 9.17) is 0 Å². The van der Waals surface area contributed by atoms with Gasteiger partial charge in [-0.3, -0.25) is 0 Å². The Hall–Kier alpha value is -0.780. The van der Waals surface area contributed by atoms with Gasteiger partial charge in [0, 0.05) is 0 Å². The Morgan fingerprint density at radius 2 is 1.65 bits per heavy atom. The molecule has 0 unspecified atom stereocenters. The maximum absolute atomic E-state index is 2.34. The van der Waals surface area contributed by atoms with E-state index < -0.39 is 0 Å². The lowest BCUT2D eigenvalue weighted by Gasteiger charge is -2.28. The third kappa shape index (κ3) is 3.59. The average molecular weight is 230 g/mol. The lowest BCUT2D eigenvalue weighted by molar-refractivity contribution is 0.304. The van der Waals surface area contributed by atoms with E-state index in [1.807, 2.05) is 0 Å². The van der Waals surface area contributed by atoms with Crippen LogP contribution in [0.3, 0.4) is 0 Å². The van der Waals surface area contributed by atoms with Crippen LogP contribution >= 0.6 is 0 Å². The normalized spacial score (nSPS) is 24.8. The predicted octanol–water partition coefficient (Wildman–Crippen LogP) is 5.46. The molecule has 0 aromatic heterocycles. The van der Waals surface area contributed by atoms with Gasteiger partial charge in [-0.2, -0.15) is 0 Å². The summed E-state index contributed by atoms with van der Waals surface area (Å²) in [6, 6.07) is 9.20. The van der Waals surface area contributed by atoms with Gasteiger partial charge in [0.05, 0.1) is 0 Å². The largest absolute Gasteiger partial charge is 0.0654 e. The van der Waals surface area contributed by atoms with Crippen molar-refractivity contribution in [1.82, 2.24) is 0 Å². The Morgan fingerprint density at radius 3 is 2.24 bits per heavy atom. The molecule has 0 saturated heterocycles. The summed E-state index contributed by atoms with van der Waals surface area (Å²) < 4.78 is 0. The minimum atomic E-state index is 0.841. The van der Waals surface area contributed by atoms with Crippen LogP contribution in [0.5, 0.6) is 0 Å². The summed E-state index contributed by atoms with van der Waals surface area (Å²) >= 11 is 0. The Balaban J connectivity index is 1.84. The number of unbranched alkanes of at least 4 members (excludes halogenated alkanes) is 1. The Kier molecular flexibility index (Phi) is 4.65. The van der Waals surface area contributed by atoms with Crippen LogP contribution in [0.4, 0.5) is 0 Å². The molecule has 94 valence electrons. The smallest absolute Gasteiger partial charge is 0.0162 e. The standard InChI is InChI=1S/C17H26/c1-3-4-5-15-8-12-17(13-9-15)16-10-6-14(2)7-11-16/h6-7,10-11,15,17H,3-5,8-9,12-13H2,1-2H3/t15-,17-. The first-order valence-corrected chi connectivity index (χ1v) is 7.36. The van der Waals surface area contributed by atoms with Gasteiger partial charge in [-0.15, -0.1) is 0 Å². The summed E-state index contributed by atoms with van der Waals surface area (Å²) in [5.41, 5.74) is 2.95. The van der Waals surface area contributed by atoms with Crippen LogP contribution < -0.4 is 0 Å². The molecule has 0 radical (unpaired) electrons. The molecule has 1 aromatic carbocycles. The van der Waals surface area contributed by atoms with Gasteiger partial charge in [0.25, 0.3) is 0 Å². The molecule has 0 heterocycles. The number of hydrogen-bond acceptors (Lipinski definition) is 0. The maximum Gasteiger partial charge on any atom is -0.0162 e. The van der Waals surface area contributed by atoms with Gasteiger partial charge < -0.3 is 0 Å². The molecule has 0 N–H and O–H groups in total. The van der Waals surface area contributed by atoms with Gasteiger partial charge in [-0.25, -0.2) is 0 Å². The van der Waals surface area contributed by atoms with Crippen molar-refractivity contribution in [2.75, 3.05) is 0 Å². The predicted molar refractivity (Wildman–Crippen MR) is 75.4 cm³/mol. The van der Waals surface area contributed by atoms with Gasteiger partial charge in [0.1, 0.15) is 0 Å². The quantitative estimate of drug-likeness (QED) is 0.644. The molecule has 17 heavy (non-hydrogen) atoms. The highest BCUT2D eigenvalue weighted by Crippen LogP contribution is 2.37. The Bertz CT molecular complexity index is 314. The molecule has 0 nitrogen and oxygen atoms in total. The second kappa shape index (κ2) is 6.23. The third-order valence-corrected chi connectivity index (χ3v) is 4.36. The van der Waals surface area contributed by atoms with Crippen molar-refractivity contribution in [1.29, 1.82) is 0 Å². The molecule has 0 spiro atoms. The summed E-state index contributed by atoms with van der Waals surface area (Å²) in [6.07, 6.45) is 10.0. The summed E-state index contributed by atoms with van der Waals surface area (Å²) in [7, 11) is 0. The number of aryl methyl sites for hydroxylation is 1. The van der Waals surface area contributed by atoms with Gasteiger partial charge in [-0.1, -0.05) is 56.0 Å². The number of hydrogen-bond donors (Lipinski definition) is 0. The Morgan fingerprint density at radius 1 is 1.00 bits per heavy atom. The fourth-order valence-corrected chi connectivity index (χ4v) is 3.12. The molecule has 0 atom stereocenters. The molecule has 1 saturated carbocycles. The first-order chi connectivity index (χ1) is 8.29. The molecule has 0 bridgehead atoms. The molecule has 0 heteroatoms. The highest BCUT2D eigenvalue weighted by molar-refractivity contribution is 5.24. The molecule has 1 aliphatic rings. The minimum Gasteiger partial charge on any atom is -0.0654 e. The van der Waals surface area contributed by atoms with E-state index in [9.17, 15) is 0 Å². The first-order valence-electron chi connectivity index (χ1n) is 7.36. The van der Waals surface area contributed by atoms with Gasteiger partial charge in [0.15, 0.2) is 0 Å². The Labute approximate surface area is 106 Å². The number of rotatable bonds is 4. The summed E-state index contributed by atoms with van der Waals surface area (Å²) in [6.45, 7) is 4.48. The van der Waals surface area contributed by atoms with Crippen LogP contribution in [0.1, 0.15) is 68.9 Å². The van der Waals surface area contributed by atoms with Gasteiger partial charge >= 0.3 is 0 Å². The summed E-state index contributed by atoms with van der Waals surface area (Å²) in [5, 5.41) is 0. The van der Waals surface area contributed by atoms with E-state index in [1.54, 1.807) is 5.56 Å². The molecule has 1 aliphatic carbocycles. The zero-order chi connectivity index (χ0) is 12.1. The van der Waals surface area contributed by atoms with E-state index in [2.05, 4.69) is 38.1 Å². The topological polar surface area (TPSA) is 0 Å². The van der Waals surface area contributed by atoms with Crippen LogP contribution in [0.2, 0.25) is 0 Å². The van der Waals surface area contributed by atoms with E-state index in [0.29, 0.717) is 0 Å². The SMILES string of the molecule is CCCC[C@H]1CC[C@H](c2ccc(C)cc2)CC1. The second-order valence-corrected chi connectivity index (χ2v) is 5.77. The van der Waals surface area contributed by atoms with Crippen molar-refractivity contribution in [2.24, 2.45) is 5.92 Å². The van der Waals surface area contributed by atoms with Crippen molar-refractivity contribution in [3.8, 4) is 0 Å². The lowest BCUT2D eigenvalue weighted by atomic mass is 9.77. The third-order valence-electron chi connectivity index (χ3n) is 4.36. The highest BCUT2D eigenvalue weighted by Gasteiger charge is 2.21. The molecule has 0 aliphatic heterocycles. The maximum atomic E-state index is 2.34. The molecular formula is C17H26. The van der Waals surface area contributed by atoms with E-state index in [0.717, 1.165) is 11.8 Å². The van der Waals surface area contributed by atoms with Crippen LogP contribution in [0.15, 0.2) is 24.3 Å². The van der Waals surface area contributed by atoms with Crippen molar-refractivity contribution in [3.05, 3.63) is 35.4 Å². The molecule has 0 amide bonds. The fourth-order valence-electron chi connectivity index (χ4n) is 3.12. The van der Waals surface area contributed by atoms with E-state index >= 15 is 0 Å². The van der Waals surface area contributed by atoms with Gasteiger partial charge in [0.2, 0.25) is 0 Å². The minimum absolute atomic E-state index is 0.841. The average Bonchev–Trinajstić information content (AvgIpc) is 2.38. The van der Waals surface area contributed by atoms with Crippen molar-refractivity contribution >= 4 is 0 Å².